The summed E-state index contributed by atoms with van der Waals surface area (Å²) < 4.78 is 4.16. The SMILES string of the molecule is CC[n+]1ccn(C)c1.Cl.Cl.Cl. The first-order valence-electron chi connectivity index (χ1n) is 2.84. The molecule has 0 aliphatic carbocycles. The molecule has 0 radical (unpaired) electrons. The zero-order valence-electron chi connectivity index (χ0n) is 6.56. The summed E-state index contributed by atoms with van der Waals surface area (Å²) >= 11 is 0. The van der Waals surface area contributed by atoms with E-state index in [4.69, 9.17) is 0 Å². The van der Waals surface area contributed by atoms with E-state index in [-0.39, 0.29) is 37.2 Å². The molecule has 0 spiro atoms. The van der Waals surface area contributed by atoms with Crippen LogP contribution in [0.5, 0.6) is 0 Å². The number of aryl methyl sites for hydroxylation is 2. The van der Waals surface area contributed by atoms with E-state index in [1.54, 1.807) is 0 Å². The zero-order valence-corrected chi connectivity index (χ0v) is 9.01. The van der Waals surface area contributed by atoms with E-state index in [0.29, 0.717) is 0 Å². The summed E-state index contributed by atoms with van der Waals surface area (Å²) in [7, 11) is 2.02. The van der Waals surface area contributed by atoms with E-state index in [1.807, 2.05) is 17.8 Å². The molecule has 1 aromatic rings. The van der Waals surface area contributed by atoms with Gasteiger partial charge in [-0.15, -0.1) is 37.2 Å². The van der Waals surface area contributed by atoms with E-state index >= 15 is 0 Å². The van der Waals surface area contributed by atoms with E-state index in [2.05, 4.69) is 24.0 Å². The van der Waals surface area contributed by atoms with Gasteiger partial charge in [0.05, 0.1) is 13.6 Å². The van der Waals surface area contributed by atoms with Crippen molar-refractivity contribution in [1.82, 2.24) is 4.57 Å². The molecule has 0 fully saturated rings. The molecule has 0 N–H and O–H groups in total. The lowest BCUT2D eigenvalue weighted by Crippen LogP contribution is -2.28. The highest BCUT2D eigenvalue weighted by atomic mass is 35.5. The minimum atomic E-state index is 0. The van der Waals surface area contributed by atoms with Gasteiger partial charge in [0.1, 0.15) is 12.4 Å². The molecule has 2 nitrogen and oxygen atoms in total. The molecule has 0 atom stereocenters. The molecule has 0 aromatic carbocycles. The van der Waals surface area contributed by atoms with Crippen LogP contribution in [0.1, 0.15) is 6.92 Å². The molecule has 1 heterocycles. The minimum Gasteiger partial charge on any atom is -0.240 e. The number of halogens is 3. The normalized spacial score (nSPS) is 7.09. The maximum atomic E-state index is 2.12. The molecule has 0 amide bonds. The predicted octanol–water partition coefficient (Wildman–Crippen LogP) is 1.60. The van der Waals surface area contributed by atoms with Gasteiger partial charge in [-0.3, -0.25) is 0 Å². The van der Waals surface area contributed by atoms with Crippen molar-refractivity contribution in [3.63, 3.8) is 0 Å². The van der Waals surface area contributed by atoms with Crippen molar-refractivity contribution < 1.29 is 4.57 Å². The second-order valence-electron chi connectivity index (χ2n) is 1.91. The molecular formula is C6H14Cl3N2+. The van der Waals surface area contributed by atoms with Crippen LogP contribution < -0.4 is 4.57 Å². The fourth-order valence-electron chi connectivity index (χ4n) is 0.689. The zero-order chi connectivity index (χ0) is 5.98. The predicted molar refractivity (Wildman–Crippen MR) is 53.0 cm³/mol. The van der Waals surface area contributed by atoms with Crippen LogP contribution in [0, 0.1) is 0 Å². The molecule has 0 aliphatic rings. The Morgan fingerprint density at radius 3 is 2.00 bits per heavy atom. The standard InChI is InChI=1S/C6H11N2.3ClH/c1-3-8-5-4-7(2)6-8;;;/h4-6H,3H2,1-2H3;3*1H/q+1;;;. The van der Waals surface area contributed by atoms with Gasteiger partial charge >= 0.3 is 0 Å². The molecule has 0 saturated heterocycles. The summed E-state index contributed by atoms with van der Waals surface area (Å²) in [6.07, 6.45) is 6.14. The Balaban J connectivity index is -0.000000213. The van der Waals surface area contributed by atoms with Crippen molar-refractivity contribution in [1.29, 1.82) is 0 Å². The highest BCUT2D eigenvalue weighted by Crippen LogP contribution is 1.74. The van der Waals surface area contributed by atoms with Gasteiger partial charge in [-0.2, -0.15) is 0 Å². The maximum absolute atomic E-state index is 2.12. The number of aromatic nitrogens is 2. The van der Waals surface area contributed by atoms with Crippen LogP contribution in [-0.4, -0.2) is 4.57 Å². The first-order chi connectivity index (χ1) is 3.83. The summed E-state index contributed by atoms with van der Waals surface area (Å²) in [6.45, 7) is 3.18. The molecule has 11 heavy (non-hydrogen) atoms. The number of hydrogen-bond acceptors (Lipinski definition) is 0. The van der Waals surface area contributed by atoms with Crippen molar-refractivity contribution in [3.8, 4) is 0 Å². The van der Waals surface area contributed by atoms with Crippen LogP contribution >= 0.6 is 37.2 Å². The Morgan fingerprint density at radius 1 is 1.27 bits per heavy atom. The summed E-state index contributed by atoms with van der Waals surface area (Å²) in [6, 6.07) is 0. The molecule has 5 heteroatoms. The number of imidazole rings is 1. The van der Waals surface area contributed by atoms with Crippen LogP contribution in [0.3, 0.4) is 0 Å². The van der Waals surface area contributed by atoms with E-state index in [0.717, 1.165) is 6.54 Å². The van der Waals surface area contributed by atoms with Crippen molar-refractivity contribution in [2.45, 2.75) is 13.5 Å². The molecule has 1 aromatic heterocycles. The van der Waals surface area contributed by atoms with Crippen LogP contribution in [0.15, 0.2) is 18.7 Å². The molecule has 68 valence electrons. The maximum Gasteiger partial charge on any atom is 0.243 e. The lowest BCUT2D eigenvalue weighted by Gasteiger charge is -1.81. The quantitative estimate of drug-likeness (QED) is 0.636. The van der Waals surface area contributed by atoms with Crippen LogP contribution in [0.25, 0.3) is 0 Å². The van der Waals surface area contributed by atoms with Gasteiger partial charge < -0.3 is 0 Å². The second kappa shape index (κ2) is 8.18. The fraction of sp³-hybridized carbons (Fsp3) is 0.500. The van der Waals surface area contributed by atoms with E-state index in [1.165, 1.54) is 0 Å². The third kappa shape index (κ3) is 5.36. The summed E-state index contributed by atoms with van der Waals surface area (Å²) in [5.74, 6) is 0. The van der Waals surface area contributed by atoms with Crippen LogP contribution in [-0.2, 0) is 13.6 Å². The number of rotatable bonds is 1. The Labute approximate surface area is 85.8 Å². The highest BCUT2D eigenvalue weighted by molar-refractivity contribution is 5.86. The van der Waals surface area contributed by atoms with E-state index in [9.17, 15) is 0 Å². The van der Waals surface area contributed by atoms with Gasteiger partial charge in [0, 0.05) is 0 Å². The first-order valence-corrected chi connectivity index (χ1v) is 2.84. The minimum absolute atomic E-state index is 0. The number of nitrogens with zero attached hydrogens (tertiary/aromatic N) is 2. The molecule has 0 saturated carbocycles. The average Bonchev–Trinajstić information content (AvgIpc) is 2.14. The smallest absolute Gasteiger partial charge is 0.240 e. The van der Waals surface area contributed by atoms with Gasteiger partial charge in [-0.25, -0.2) is 9.13 Å². The van der Waals surface area contributed by atoms with Crippen LogP contribution in [0.4, 0.5) is 0 Å². The highest BCUT2D eigenvalue weighted by Gasteiger charge is 1.92. The lowest BCUT2D eigenvalue weighted by molar-refractivity contribution is -0.693. The molecule has 1 rings (SSSR count). The lowest BCUT2D eigenvalue weighted by atomic mass is 10.7. The van der Waals surface area contributed by atoms with Gasteiger partial charge in [0.15, 0.2) is 0 Å². The summed E-state index contributed by atoms with van der Waals surface area (Å²) in [5.41, 5.74) is 0. The molecular weight excluding hydrogens is 206 g/mol. The van der Waals surface area contributed by atoms with Gasteiger partial charge in [0.2, 0.25) is 6.33 Å². The van der Waals surface area contributed by atoms with Crippen LogP contribution in [0.2, 0.25) is 0 Å². The summed E-state index contributed by atoms with van der Waals surface area (Å²) in [4.78, 5) is 0. The third-order valence-corrected chi connectivity index (χ3v) is 1.19. The Morgan fingerprint density at radius 2 is 1.82 bits per heavy atom. The van der Waals surface area contributed by atoms with Crippen molar-refractivity contribution in [3.05, 3.63) is 18.7 Å². The average molecular weight is 221 g/mol. The Bertz CT molecular complexity index is 176. The van der Waals surface area contributed by atoms with Gasteiger partial charge in [0.25, 0.3) is 0 Å². The Hall–Kier alpha value is 0.0800. The first kappa shape index (κ1) is 17.2. The Kier molecular flexibility index (Phi) is 12.8. The largest absolute Gasteiger partial charge is 0.243 e. The van der Waals surface area contributed by atoms with Crippen molar-refractivity contribution >= 4 is 37.2 Å². The fourth-order valence-corrected chi connectivity index (χ4v) is 0.689. The van der Waals surface area contributed by atoms with Gasteiger partial charge in [-0.05, 0) is 6.92 Å². The molecule has 0 bridgehead atoms. The topological polar surface area (TPSA) is 8.81 Å². The molecule has 0 aliphatic heterocycles. The van der Waals surface area contributed by atoms with Crippen molar-refractivity contribution in [2.75, 3.05) is 0 Å². The van der Waals surface area contributed by atoms with Crippen molar-refractivity contribution in [2.24, 2.45) is 7.05 Å². The van der Waals surface area contributed by atoms with E-state index < -0.39 is 0 Å². The second-order valence-corrected chi connectivity index (χ2v) is 1.91. The third-order valence-electron chi connectivity index (χ3n) is 1.19. The number of hydrogen-bond donors (Lipinski definition) is 0. The molecule has 0 unspecified atom stereocenters. The monoisotopic (exact) mass is 219 g/mol. The summed E-state index contributed by atoms with van der Waals surface area (Å²) in [5, 5.41) is 0. The van der Waals surface area contributed by atoms with Gasteiger partial charge in [-0.1, -0.05) is 0 Å².